The number of benzene rings is 1. The molecule has 1 fully saturated rings. The van der Waals surface area contributed by atoms with E-state index in [1.54, 1.807) is 16.8 Å². The van der Waals surface area contributed by atoms with Crippen molar-refractivity contribution in [1.29, 1.82) is 0 Å². The second-order valence-corrected chi connectivity index (χ2v) is 7.75. The third-order valence-electron chi connectivity index (χ3n) is 5.69. The molecule has 3 amide bonds. The van der Waals surface area contributed by atoms with Crippen LogP contribution in [0.25, 0.3) is 5.69 Å². The number of fused-ring (bicyclic) bond motifs is 1. The Kier molecular flexibility index (Phi) is 5.89. The van der Waals surface area contributed by atoms with Gasteiger partial charge in [0.15, 0.2) is 0 Å². The maximum absolute atomic E-state index is 12.9. The van der Waals surface area contributed by atoms with Crippen LogP contribution in [0.15, 0.2) is 24.4 Å². The van der Waals surface area contributed by atoms with E-state index in [2.05, 4.69) is 15.6 Å². The SMILES string of the molecule is O=C1CCC(N2Cc3c(cccc3-n3cc(CCCCCCO)nn3)C2=O)C(=O)N1. The zero-order chi connectivity index (χ0) is 21.1. The Bertz CT molecular complexity index is 970. The van der Waals surface area contributed by atoms with Gasteiger partial charge in [-0.05, 0) is 37.8 Å². The normalized spacial score (nSPS) is 18.6. The summed E-state index contributed by atoms with van der Waals surface area (Å²) >= 11 is 0. The number of piperidine rings is 1. The van der Waals surface area contributed by atoms with Crippen molar-refractivity contribution in [1.82, 2.24) is 25.2 Å². The molecule has 3 heterocycles. The molecule has 0 saturated carbocycles. The maximum atomic E-state index is 12.9. The van der Waals surface area contributed by atoms with Gasteiger partial charge in [0.2, 0.25) is 11.8 Å². The summed E-state index contributed by atoms with van der Waals surface area (Å²) < 4.78 is 1.68. The van der Waals surface area contributed by atoms with Crippen molar-refractivity contribution in [3.63, 3.8) is 0 Å². The lowest BCUT2D eigenvalue weighted by molar-refractivity contribution is -0.136. The number of rotatable bonds is 8. The Morgan fingerprint density at radius 3 is 2.77 bits per heavy atom. The van der Waals surface area contributed by atoms with Gasteiger partial charge in [-0.1, -0.05) is 24.1 Å². The summed E-state index contributed by atoms with van der Waals surface area (Å²) in [5, 5.41) is 19.7. The zero-order valence-corrected chi connectivity index (χ0v) is 16.7. The topological polar surface area (TPSA) is 117 Å². The van der Waals surface area contributed by atoms with Crippen LogP contribution in [-0.4, -0.2) is 55.4 Å². The molecule has 2 aliphatic rings. The predicted octanol–water partition coefficient (Wildman–Crippen LogP) is 1.12. The molecule has 0 spiro atoms. The fourth-order valence-electron chi connectivity index (χ4n) is 4.09. The summed E-state index contributed by atoms with van der Waals surface area (Å²) in [6.45, 7) is 0.525. The molecule has 0 aliphatic carbocycles. The molecule has 158 valence electrons. The molecular weight excluding hydrogens is 386 g/mol. The van der Waals surface area contributed by atoms with Crippen molar-refractivity contribution in [2.75, 3.05) is 6.61 Å². The number of carbonyl (C=O) groups excluding carboxylic acids is 3. The van der Waals surface area contributed by atoms with Gasteiger partial charge < -0.3 is 10.0 Å². The number of nitrogens with one attached hydrogen (secondary N) is 1. The number of unbranched alkanes of at least 4 members (excludes halogenated alkanes) is 3. The Balaban J connectivity index is 1.49. The van der Waals surface area contributed by atoms with Crippen LogP contribution in [0.5, 0.6) is 0 Å². The quantitative estimate of drug-likeness (QED) is 0.497. The van der Waals surface area contributed by atoms with E-state index < -0.39 is 11.9 Å². The molecule has 9 nitrogen and oxygen atoms in total. The van der Waals surface area contributed by atoms with Gasteiger partial charge in [0, 0.05) is 30.7 Å². The number of aliphatic hydroxyl groups excluding tert-OH is 1. The van der Waals surface area contributed by atoms with E-state index >= 15 is 0 Å². The Hall–Kier alpha value is -3.07. The third-order valence-corrected chi connectivity index (χ3v) is 5.69. The number of hydrogen-bond acceptors (Lipinski definition) is 6. The Morgan fingerprint density at radius 2 is 1.97 bits per heavy atom. The molecule has 2 aliphatic heterocycles. The van der Waals surface area contributed by atoms with E-state index in [1.165, 1.54) is 4.90 Å². The fourth-order valence-corrected chi connectivity index (χ4v) is 4.09. The van der Waals surface area contributed by atoms with Crippen molar-refractivity contribution in [2.24, 2.45) is 0 Å². The monoisotopic (exact) mass is 411 g/mol. The molecular formula is C21H25N5O4. The van der Waals surface area contributed by atoms with Gasteiger partial charge in [-0.25, -0.2) is 4.68 Å². The minimum absolute atomic E-state index is 0.203. The molecule has 0 bridgehead atoms. The number of carbonyl (C=O) groups is 3. The van der Waals surface area contributed by atoms with E-state index in [9.17, 15) is 14.4 Å². The number of imide groups is 1. The maximum Gasteiger partial charge on any atom is 0.255 e. The summed E-state index contributed by atoms with van der Waals surface area (Å²) in [6.07, 6.45) is 7.08. The molecule has 1 atom stereocenters. The molecule has 1 saturated heterocycles. The molecule has 0 radical (unpaired) electrons. The van der Waals surface area contributed by atoms with E-state index in [1.807, 2.05) is 12.3 Å². The highest BCUT2D eigenvalue weighted by Gasteiger charge is 2.40. The van der Waals surface area contributed by atoms with Crippen molar-refractivity contribution >= 4 is 17.7 Å². The average Bonchev–Trinajstić information content (AvgIpc) is 3.33. The first-order chi connectivity index (χ1) is 14.6. The van der Waals surface area contributed by atoms with Crippen LogP contribution in [-0.2, 0) is 22.6 Å². The highest BCUT2D eigenvalue weighted by molar-refractivity contribution is 6.05. The van der Waals surface area contributed by atoms with Crippen LogP contribution in [0.1, 0.15) is 60.1 Å². The molecule has 1 aromatic carbocycles. The van der Waals surface area contributed by atoms with Crippen molar-refractivity contribution in [3.8, 4) is 5.69 Å². The van der Waals surface area contributed by atoms with Gasteiger partial charge in [-0.15, -0.1) is 5.10 Å². The number of aliphatic hydroxyl groups is 1. The Labute approximate surface area is 174 Å². The molecule has 30 heavy (non-hydrogen) atoms. The first-order valence-electron chi connectivity index (χ1n) is 10.4. The Morgan fingerprint density at radius 1 is 1.13 bits per heavy atom. The van der Waals surface area contributed by atoms with Crippen LogP contribution < -0.4 is 5.32 Å². The third kappa shape index (κ3) is 3.97. The van der Waals surface area contributed by atoms with Crippen LogP contribution in [0.3, 0.4) is 0 Å². The molecule has 9 heteroatoms. The number of nitrogens with zero attached hydrogens (tertiary/aromatic N) is 4. The lowest BCUT2D eigenvalue weighted by Gasteiger charge is -2.29. The lowest BCUT2D eigenvalue weighted by atomic mass is 10.0. The van der Waals surface area contributed by atoms with Gasteiger partial charge in [-0.3, -0.25) is 19.7 Å². The molecule has 1 aromatic heterocycles. The minimum atomic E-state index is -0.638. The first-order valence-corrected chi connectivity index (χ1v) is 10.4. The van der Waals surface area contributed by atoms with E-state index in [0.717, 1.165) is 49.0 Å². The zero-order valence-electron chi connectivity index (χ0n) is 16.7. The first kappa shape index (κ1) is 20.2. The lowest BCUT2D eigenvalue weighted by Crippen LogP contribution is -2.52. The smallest absolute Gasteiger partial charge is 0.255 e. The summed E-state index contributed by atoms with van der Waals surface area (Å²) in [7, 11) is 0. The predicted molar refractivity (Wildman–Crippen MR) is 107 cm³/mol. The number of aromatic nitrogens is 3. The summed E-state index contributed by atoms with van der Waals surface area (Å²) in [5.74, 6) is -0.920. The van der Waals surface area contributed by atoms with Gasteiger partial charge >= 0.3 is 0 Å². The van der Waals surface area contributed by atoms with Crippen LogP contribution >= 0.6 is 0 Å². The number of aryl methyl sites for hydroxylation is 1. The van der Waals surface area contributed by atoms with Gasteiger partial charge in [0.1, 0.15) is 6.04 Å². The van der Waals surface area contributed by atoms with E-state index in [-0.39, 0.29) is 24.8 Å². The number of amides is 3. The second kappa shape index (κ2) is 8.74. The average molecular weight is 411 g/mol. The largest absolute Gasteiger partial charge is 0.396 e. The summed E-state index contributed by atoms with van der Waals surface area (Å²) in [4.78, 5) is 38.2. The summed E-state index contributed by atoms with van der Waals surface area (Å²) in [5.41, 5.74) is 3.02. The minimum Gasteiger partial charge on any atom is -0.396 e. The molecule has 2 aromatic rings. The second-order valence-electron chi connectivity index (χ2n) is 7.75. The van der Waals surface area contributed by atoms with E-state index in [4.69, 9.17) is 5.11 Å². The van der Waals surface area contributed by atoms with Crippen LogP contribution in [0.2, 0.25) is 0 Å². The highest BCUT2D eigenvalue weighted by Crippen LogP contribution is 2.31. The van der Waals surface area contributed by atoms with Crippen molar-refractivity contribution in [3.05, 3.63) is 41.2 Å². The van der Waals surface area contributed by atoms with Gasteiger partial charge in [0.25, 0.3) is 5.91 Å². The fraction of sp³-hybridized carbons (Fsp3) is 0.476. The standard InChI is InChI=1S/C21H25N5O4/c27-11-4-2-1-3-6-14-12-26(24-23-14)17-8-5-7-15-16(17)13-25(21(15)30)18-9-10-19(28)22-20(18)29/h5,7-8,12,18,27H,1-4,6,9-11,13H2,(H,22,28,29). The van der Waals surface area contributed by atoms with Crippen molar-refractivity contribution < 1.29 is 19.5 Å². The molecule has 2 N–H and O–H groups in total. The molecule has 1 unspecified atom stereocenters. The van der Waals surface area contributed by atoms with Gasteiger partial charge in [0.05, 0.1) is 17.6 Å². The highest BCUT2D eigenvalue weighted by atomic mass is 16.3. The van der Waals surface area contributed by atoms with Gasteiger partial charge in [-0.2, -0.15) is 0 Å². The van der Waals surface area contributed by atoms with E-state index in [0.29, 0.717) is 18.5 Å². The molecule has 4 rings (SSSR count). The van der Waals surface area contributed by atoms with Crippen LogP contribution in [0, 0.1) is 0 Å². The summed E-state index contributed by atoms with van der Waals surface area (Å²) in [6, 6.07) is 4.81. The number of hydrogen-bond donors (Lipinski definition) is 2. The van der Waals surface area contributed by atoms with Crippen molar-refractivity contribution in [2.45, 2.75) is 57.5 Å². The van der Waals surface area contributed by atoms with Crippen LogP contribution in [0.4, 0.5) is 0 Å².